The van der Waals surface area contributed by atoms with E-state index in [1.54, 1.807) is 6.20 Å². The third-order valence-corrected chi connectivity index (χ3v) is 7.07. The highest BCUT2D eigenvalue weighted by molar-refractivity contribution is 5.83. The van der Waals surface area contributed by atoms with E-state index >= 15 is 0 Å². The fourth-order valence-corrected chi connectivity index (χ4v) is 6.46. The van der Waals surface area contributed by atoms with E-state index in [1.165, 1.54) is 6.42 Å². The number of hydrogen-bond acceptors (Lipinski definition) is 5. The van der Waals surface area contributed by atoms with E-state index in [4.69, 9.17) is 0 Å². The second kappa shape index (κ2) is 6.36. The van der Waals surface area contributed by atoms with E-state index in [0.717, 1.165) is 44.2 Å². The lowest BCUT2D eigenvalue weighted by atomic mass is 9.46. The molecule has 2 aromatic heterocycles. The van der Waals surface area contributed by atoms with Gasteiger partial charge in [-0.2, -0.15) is 4.80 Å². The molecule has 7 nitrogen and oxygen atoms in total. The number of carbonyl (C=O) groups is 1. The molecule has 2 aromatic rings. The molecule has 0 aliphatic heterocycles. The van der Waals surface area contributed by atoms with Crippen molar-refractivity contribution in [2.24, 2.45) is 17.3 Å². The summed E-state index contributed by atoms with van der Waals surface area (Å²) in [5, 5.41) is 16.3. The van der Waals surface area contributed by atoms with Gasteiger partial charge < -0.3 is 5.32 Å². The van der Waals surface area contributed by atoms with Gasteiger partial charge in [-0.1, -0.05) is 6.07 Å². The Morgan fingerprint density at radius 1 is 1.29 bits per heavy atom. The zero-order valence-corrected chi connectivity index (χ0v) is 16.6. The van der Waals surface area contributed by atoms with Crippen molar-refractivity contribution in [3.8, 4) is 0 Å². The summed E-state index contributed by atoms with van der Waals surface area (Å²) in [7, 11) is 0. The Morgan fingerprint density at radius 3 is 2.71 bits per heavy atom. The van der Waals surface area contributed by atoms with Crippen molar-refractivity contribution >= 4 is 5.91 Å². The Morgan fingerprint density at radius 2 is 2.07 bits per heavy atom. The molecule has 0 spiro atoms. The molecular formula is C21H28N6O. The molecule has 2 heterocycles. The molecule has 4 bridgehead atoms. The quantitative estimate of drug-likeness (QED) is 0.861. The number of hydrogen-bond donors (Lipinski definition) is 1. The van der Waals surface area contributed by atoms with Gasteiger partial charge in [0.2, 0.25) is 5.91 Å². The Labute approximate surface area is 165 Å². The van der Waals surface area contributed by atoms with Crippen LogP contribution in [-0.2, 0) is 16.8 Å². The minimum atomic E-state index is -0.288. The highest BCUT2D eigenvalue weighted by atomic mass is 16.2. The molecule has 7 heteroatoms. The minimum Gasteiger partial charge on any atom is -0.353 e. The average molecular weight is 380 g/mol. The third kappa shape index (κ3) is 2.91. The summed E-state index contributed by atoms with van der Waals surface area (Å²) in [6, 6.07) is 5.99. The number of pyridine rings is 1. The predicted molar refractivity (Wildman–Crippen MR) is 103 cm³/mol. The molecule has 1 amide bonds. The van der Waals surface area contributed by atoms with Crippen molar-refractivity contribution in [1.82, 2.24) is 30.5 Å². The maximum absolute atomic E-state index is 13.5. The van der Waals surface area contributed by atoms with Crippen molar-refractivity contribution in [2.45, 2.75) is 70.4 Å². The molecule has 3 unspecified atom stereocenters. The van der Waals surface area contributed by atoms with Crippen LogP contribution < -0.4 is 5.32 Å². The second-order valence-electron chi connectivity index (χ2n) is 9.49. The molecule has 4 fully saturated rings. The summed E-state index contributed by atoms with van der Waals surface area (Å²) in [4.78, 5) is 19.7. The number of nitrogens with zero attached hydrogens (tertiary/aromatic N) is 5. The molecule has 0 radical (unpaired) electrons. The lowest BCUT2D eigenvalue weighted by molar-refractivity contribution is -0.158. The zero-order chi connectivity index (χ0) is 19.4. The number of carbonyl (C=O) groups excluding carboxylic acids is 1. The number of nitrogens with one attached hydrogen (secondary N) is 1. The van der Waals surface area contributed by atoms with Gasteiger partial charge in [0.25, 0.3) is 0 Å². The lowest BCUT2D eigenvalue weighted by Crippen LogP contribution is -2.62. The summed E-state index contributed by atoms with van der Waals surface area (Å²) in [6.45, 7) is 3.96. The van der Waals surface area contributed by atoms with E-state index < -0.39 is 0 Å². The van der Waals surface area contributed by atoms with E-state index in [0.29, 0.717) is 17.7 Å². The monoisotopic (exact) mass is 380 g/mol. The number of amides is 1. The van der Waals surface area contributed by atoms with Crippen LogP contribution in [0.4, 0.5) is 0 Å². The van der Waals surface area contributed by atoms with Crippen LogP contribution >= 0.6 is 0 Å². The highest BCUT2D eigenvalue weighted by Gasteiger charge is 2.62. The number of tetrazole rings is 1. The van der Waals surface area contributed by atoms with Crippen LogP contribution in [-0.4, -0.2) is 37.1 Å². The van der Waals surface area contributed by atoms with Crippen LogP contribution in [0.5, 0.6) is 0 Å². The first-order valence-corrected chi connectivity index (χ1v) is 10.4. The van der Waals surface area contributed by atoms with Gasteiger partial charge >= 0.3 is 0 Å². The SMILES string of the molecule is Cc1nnn(C23CC4CC(CC(C(=O)NC(C)Cc5ccccn5)(C4)C2)C3)n1. The van der Waals surface area contributed by atoms with Gasteiger partial charge in [-0.25, -0.2) is 0 Å². The van der Waals surface area contributed by atoms with Crippen LogP contribution in [0.3, 0.4) is 0 Å². The highest BCUT2D eigenvalue weighted by Crippen LogP contribution is 2.64. The van der Waals surface area contributed by atoms with Gasteiger partial charge in [-0.3, -0.25) is 9.78 Å². The summed E-state index contributed by atoms with van der Waals surface area (Å²) in [5.41, 5.74) is 0.594. The van der Waals surface area contributed by atoms with Gasteiger partial charge in [-0.15, -0.1) is 10.2 Å². The molecule has 3 atom stereocenters. The number of rotatable bonds is 5. The van der Waals surface area contributed by atoms with Gasteiger partial charge in [0.1, 0.15) is 0 Å². The summed E-state index contributed by atoms with van der Waals surface area (Å²) in [6.07, 6.45) is 8.81. The van der Waals surface area contributed by atoms with Gasteiger partial charge in [-0.05, 0) is 81.6 Å². The summed E-state index contributed by atoms with van der Waals surface area (Å²) < 4.78 is 0. The van der Waals surface area contributed by atoms with Crippen molar-refractivity contribution in [3.63, 3.8) is 0 Å². The fraction of sp³-hybridized carbons (Fsp3) is 0.667. The first-order chi connectivity index (χ1) is 13.5. The maximum atomic E-state index is 13.5. The fourth-order valence-electron chi connectivity index (χ4n) is 6.46. The minimum absolute atomic E-state index is 0.0677. The van der Waals surface area contributed by atoms with Crippen LogP contribution in [0.15, 0.2) is 24.4 Å². The molecule has 6 rings (SSSR count). The van der Waals surface area contributed by atoms with Crippen molar-refractivity contribution in [1.29, 1.82) is 0 Å². The van der Waals surface area contributed by atoms with E-state index in [9.17, 15) is 4.79 Å². The predicted octanol–water partition coefficient (Wildman–Crippen LogP) is 2.42. The third-order valence-electron chi connectivity index (χ3n) is 7.07. The van der Waals surface area contributed by atoms with Gasteiger partial charge in [0.05, 0.1) is 11.0 Å². The molecule has 1 N–H and O–H groups in total. The number of aromatic nitrogens is 5. The van der Waals surface area contributed by atoms with Gasteiger partial charge in [0.15, 0.2) is 5.82 Å². The van der Waals surface area contributed by atoms with Crippen molar-refractivity contribution < 1.29 is 4.79 Å². The van der Waals surface area contributed by atoms with E-state index in [-0.39, 0.29) is 22.9 Å². The molecular weight excluding hydrogens is 352 g/mol. The van der Waals surface area contributed by atoms with Crippen LogP contribution in [0, 0.1) is 24.2 Å². The molecule has 148 valence electrons. The Balaban J connectivity index is 1.36. The number of aryl methyl sites for hydroxylation is 1. The Bertz CT molecular complexity index is 864. The largest absolute Gasteiger partial charge is 0.353 e. The lowest BCUT2D eigenvalue weighted by Gasteiger charge is -2.60. The Kier molecular flexibility index (Phi) is 4.03. The molecule has 28 heavy (non-hydrogen) atoms. The van der Waals surface area contributed by atoms with E-state index in [2.05, 4.69) is 32.6 Å². The first-order valence-electron chi connectivity index (χ1n) is 10.4. The average Bonchev–Trinajstić information content (AvgIpc) is 3.09. The molecule has 4 aliphatic carbocycles. The smallest absolute Gasteiger partial charge is 0.226 e. The van der Waals surface area contributed by atoms with Crippen LogP contribution in [0.1, 0.15) is 57.0 Å². The van der Waals surface area contributed by atoms with Crippen LogP contribution in [0.2, 0.25) is 0 Å². The zero-order valence-electron chi connectivity index (χ0n) is 16.6. The molecule has 0 aromatic carbocycles. The van der Waals surface area contributed by atoms with Crippen molar-refractivity contribution in [2.75, 3.05) is 0 Å². The molecule has 4 saturated carbocycles. The molecule has 4 aliphatic rings. The van der Waals surface area contributed by atoms with Gasteiger partial charge in [0, 0.05) is 24.4 Å². The van der Waals surface area contributed by atoms with E-state index in [1.807, 2.05) is 29.9 Å². The summed E-state index contributed by atoms with van der Waals surface area (Å²) >= 11 is 0. The Hall–Kier alpha value is -2.31. The standard InChI is InChI=1S/C21H28N6O/c1-14(7-18-5-3-4-6-22-18)23-19(28)20-9-16-8-17(10-20)12-21(11-16,13-20)27-25-15(2)24-26-27/h3-6,14,16-17H,7-13H2,1-2H3,(H,23,28). The van der Waals surface area contributed by atoms with Crippen molar-refractivity contribution in [3.05, 3.63) is 35.9 Å². The molecule has 0 saturated heterocycles. The van der Waals surface area contributed by atoms with Crippen LogP contribution in [0.25, 0.3) is 0 Å². The topological polar surface area (TPSA) is 85.6 Å². The maximum Gasteiger partial charge on any atom is 0.226 e. The summed E-state index contributed by atoms with van der Waals surface area (Å²) in [5.74, 6) is 2.10. The normalized spacial score (nSPS) is 34.4. The second-order valence-corrected chi connectivity index (χ2v) is 9.49. The first kappa shape index (κ1) is 17.8.